The zero-order valence-electron chi connectivity index (χ0n) is 36.3. The normalized spacial score (nSPS) is 12.3. The van der Waals surface area contributed by atoms with E-state index >= 15 is 0 Å². The van der Waals surface area contributed by atoms with Crippen LogP contribution in [0.5, 0.6) is 0 Å². The van der Waals surface area contributed by atoms with Gasteiger partial charge in [-0.3, -0.25) is 9.59 Å². The Morgan fingerprint density at radius 1 is 0.426 bits per heavy atom. The Bertz CT molecular complexity index is 821. The molecule has 0 bridgehead atoms. The number of esters is 2. The second kappa shape index (κ2) is 45.8. The van der Waals surface area contributed by atoms with Gasteiger partial charge in [-0.05, 0) is 44.9 Å². The first-order chi connectivity index (χ1) is 26.6. The summed E-state index contributed by atoms with van der Waals surface area (Å²) in [6.07, 6.45) is 55.7. The molecule has 0 amide bonds. The zero-order valence-corrected chi connectivity index (χ0v) is 36.3. The van der Waals surface area contributed by atoms with E-state index in [-0.39, 0.29) is 25.2 Å². The van der Waals surface area contributed by atoms with Gasteiger partial charge in [-0.2, -0.15) is 0 Å². The highest BCUT2D eigenvalue weighted by atomic mass is 16.6. The lowest BCUT2D eigenvalue weighted by atomic mass is 10.0. The van der Waals surface area contributed by atoms with Gasteiger partial charge < -0.3 is 14.6 Å². The minimum atomic E-state index is -0.764. The Kier molecular flexibility index (Phi) is 44.4. The van der Waals surface area contributed by atoms with Crippen molar-refractivity contribution in [1.29, 1.82) is 0 Å². The molecule has 5 nitrogen and oxygen atoms in total. The van der Waals surface area contributed by atoms with Crippen LogP contribution in [0.1, 0.15) is 258 Å². The first-order valence-electron chi connectivity index (χ1n) is 23.9. The maximum atomic E-state index is 12.2. The molecule has 318 valence electrons. The minimum Gasteiger partial charge on any atom is -0.462 e. The third-order valence-corrected chi connectivity index (χ3v) is 10.7. The van der Waals surface area contributed by atoms with Gasteiger partial charge in [-0.1, -0.05) is 224 Å². The maximum Gasteiger partial charge on any atom is 0.306 e. The van der Waals surface area contributed by atoms with Gasteiger partial charge in [-0.25, -0.2) is 0 Å². The molecule has 0 radical (unpaired) electrons. The Morgan fingerprint density at radius 3 is 1.09 bits per heavy atom. The summed E-state index contributed by atoms with van der Waals surface area (Å²) in [5.74, 6) is -0.581. The zero-order chi connectivity index (χ0) is 39.3. The Labute approximate surface area is 336 Å². The van der Waals surface area contributed by atoms with Gasteiger partial charge in [0, 0.05) is 12.8 Å². The predicted molar refractivity (Wildman–Crippen MR) is 233 cm³/mol. The molecular formula is C49H92O5. The van der Waals surface area contributed by atoms with Crippen LogP contribution in [0.25, 0.3) is 0 Å². The van der Waals surface area contributed by atoms with Gasteiger partial charge in [0.25, 0.3) is 0 Å². The standard InChI is InChI=1S/C49H92O5/c1-3-5-7-9-11-13-14-15-16-17-18-19-20-21-22-23-24-25-26-27-28-29-30-31-32-33-34-36-38-40-42-44-49(52)54-47(45-50)46-53-48(51)43-41-39-37-35-12-10-8-6-4-2/h14-15,17-18,47,50H,3-13,16,19-46H2,1-2H3/b15-14-,18-17-. The number of carbonyl (C=O) groups excluding carboxylic acids is 2. The van der Waals surface area contributed by atoms with Crippen LogP contribution in [-0.4, -0.2) is 36.4 Å². The van der Waals surface area contributed by atoms with Crippen molar-refractivity contribution in [3.63, 3.8) is 0 Å². The Balaban J connectivity index is 3.39. The summed E-state index contributed by atoms with van der Waals surface area (Å²) >= 11 is 0. The topological polar surface area (TPSA) is 72.8 Å². The van der Waals surface area contributed by atoms with Crippen molar-refractivity contribution in [2.45, 2.75) is 264 Å². The number of hydrogen-bond acceptors (Lipinski definition) is 5. The molecule has 0 heterocycles. The van der Waals surface area contributed by atoms with Crippen LogP contribution in [0.3, 0.4) is 0 Å². The Hall–Kier alpha value is -1.62. The largest absolute Gasteiger partial charge is 0.462 e. The first kappa shape index (κ1) is 52.4. The summed E-state index contributed by atoms with van der Waals surface area (Å²) < 4.78 is 10.6. The first-order valence-corrected chi connectivity index (χ1v) is 23.9. The molecule has 0 rings (SSSR count). The average molecular weight is 761 g/mol. The molecule has 0 saturated carbocycles. The van der Waals surface area contributed by atoms with Crippen molar-refractivity contribution >= 4 is 11.9 Å². The van der Waals surface area contributed by atoms with Gasteiger partial charge in [0.15, 0.2) is 6.10 Å². The number of aliphatic hydroxyl groups excluding tert-OH is 1. The smallest absolute Gasteiger partial charge is 0.306 e. The predicted octanol–water partition coefficient (Wildman–Crippen LogP) is 15.4. The van der Waals surface area contributed by atoms with E-state index < -0.39 is 6.10 Å². The minimum absolute atomic E-state index is 0.0600. The van der Waals surface area contributed by atoms with Crippen LogP contribution in [0.2, 0.25) is 0 Å². The van der Waals surface area contributed by atoms with Crippen molar-refractivity contribution in [1.82, 2.24) is 0 Å². The van der Waals surface area contributed by atoms with Crippen LogP contribution in [0.15, 0.2) is 24.3 Å². The van der Waals surface area contributed by atoms with E-state index in [1.54, 1.807) is 0 Å². The lowest BCUT2D eigenvalue weighted by Crippen LogP contribution is -2.28. The summed E-state index contributed by atoms with van der Waals surface area (Å²) in [7, 11) is 0. The molecular weight excluding hydrogens is 669 g/mol. The summed E-state index contributed by atoms with van der Waals surface area (Å²) in [5, 5.41) is 9.56. The number of aliphatic hydroxyl groups is 1. The number of carbonyl (C=O) groups is 2. The molecule has 5 heteroatoms. The van der Waals surface area contributed by atoms with E-state index in [1.807, 2.05) is 0 Å². The molecule has 0 aromatic carbocycles. The van der Waals surface area contributed by atoms with Crippen LogP contribution in [0, 0.1) is 0 Å². The third-order valence-electron chi connectivity index (χ3n) is 10.7. The van der Waals surface area contributed by atoms with Gasteiger partial charge in [0.05, 0.1) is 6.61 Å². The SMILES string of the molecule is CCCCCCC/C=C\C/C=C\CCCCCCCCCCCCCCCCCCCCCC(=O)OC(CO)COC(=O)CCCCCCCCCCC. The van der Waals surface area contributed by atoms with E-state index in [0.29, 0.717) is 12.8 Å². The van der Waals surface area contributed by atoms with E-state index in [4.69, 9.17) is 9.47 Å². The molecule has 54 heavy (non-hydrogen) atoms. The highest BCUT2D eigenvalue weighted by molar-refractivity contribution is 5.70. The summed E-state index contributed by atoms with van der Waals surface area (Å²) in [5.41, 5.74) is 0. The van der Waals surface area contributed by atoms with Gasteiger partial charge in [0.2, 0.25) is 0 Å². The molecule has 0 aliphatic carbocycles. The fourth-order valence-electron chi connectivity index (χ4n) is 7.12. The van der Waals surface area contributed by atoms with Crippen molar-refractivity contribution in [3.8, 4) is 0 Å². The van der Waals surface area contributed by atoms with Crippen LogP contribution >= 0.6 is 0 Å². The number of ether oxygens (including phenoxy) is 2. The van der Waals surface area contributed by atoms with Crippen LogP contribution in [-0.2, 0) is 19.1 Å². The lowest BCUT2D eigenvalue weighted by Gasteiger charge is -2.15. The van der Waals surface area contributed by atoms with Crippen molar-refractivity contribution in [2.24, 2.45) is 0 Å². The summed E-state index contributed by atoms with van der Waals surface area (Å²) in [4.78, 5) is 24.2. The van der Waals surface area contributed by atoms with Gasteiger partial charge >= 0.3 is 11.9 Å². The summed E-state index contributed by atoms with van der Waals surface area (Å²) in [6.45, 7) is 4.13. The quantitative estimate of drug-likeness (QED) is 0.0380. The number of allylic oxidation sites excluding steroid dienone is 4. The Morgan fingerprint density at radius 2 is 0.741 bits per heavy atom. The van der Waals surface area contributed by atoms with Crippen molar-refractivity contribution in [2.75, 3.05) is 13.2 Å². The number of rotatable bonds is 44. The van der Waals surface area contributed by atoms with E-state index in [0.717, 1.165) is 44.9 Å². The molecule has 0 aliphatic heterocycles. The van der Waals surface area contributed by atoms with E-state index in [9.17, 15) is 14.7 Å². The maximum absolute atomic E-state index is 12.2. The molecule has 0 spiro atoms. The lowest BCUT2D eigenvalue weighted by molar-refractivity contribution is -0.161. The molecule has 1 N–H and O–H groups in total. The number of unbranched alkanes of at least 4 members (excludes halogenated alkanes) is 32. The molecule has 0 fully saturated rings. The third kappa shape index (κ3) is 43.1. The molecule has 0 aromatic heterocycles. The fourth-order valence-corrected chi connectivity index (χ4v) is 7.12. The van der Waals surface area contributed by atoms with Crippen LogP contribution in [0.4, 0.5) is 0 Å². The molecule has 0 aliphatic rings. The molecule has 0 aromatic rings. The van der Waals surface area contributed by atoms with E-state index in [2.05, 4.69) is 38.2 Å². The van der Waals surface area contributed by atoms with Gasteiger partial charge in [-0.15, -0.1) is 0 Å². The van der Waals surface area contributed by atoms with Crippen molar-refractivity contribution in [3.05, 3.63) is 24.3 Å². The highest BCUT2D eigenvalue weighted by Gasteiger charge is 2.16. The van der Waals surface area contributed by atoms with Crippen molar-refractivity contribution < 1.29 is 24.2 Å². The number of hydrogen-bond donors (Lipinski definition) is 1. The molecule has 0 saturated heterocycles. The fraction of sp³-hybridized carbons (Fsp3) is 0.878. The molecule has 1 unspecified atom stereocenters. The van der Waals surface area contributed by atoms with Crippen LogP contribution < -0.4 is 0 Å². The molecule has 1 atom stereocenters. The second-order valence-electron chi connectivity index (χ2n) is 16.2. The summed E-state index contributed by atoms with van der Waals surface area (Å²) in [6, 6.07) is 0. The highest BCUT2D eigenvalue weighted by Crippen LogP contribution is 2.16. The van der Waals surface area contributed by atoms with Gasteiger partial charge in [0.1, 0.15) is 6.61 Å². The average Bonchev–Trinajstić information content (AvgIpc) is 3.17. The monoisotopic (exact) mass is 761 g/mol. The second-order valence-corrected chi connectivity index (χ2v) is 16.2. The van der Waals surface area contributed by atoms with E-state index in [1.165, 1.54) is 186 Å².